The molecule has 0 spiro atoms. The van der Waals surface area contributed by atoms with Crippen LogP contribution in [0.3, 0.4) is 0 Å². The van der Waals surface area contributed by atoms with Gasteiger partial charge in [0.15, 0.2) is 6.10 Å². The third-order valence-electron chi connectivity index (χ3n) is 3.02. The Balaban J connectivity index is 2.37. The van der Waals surface area contributed by atoms with E-state index in [0.29, 0.717) is 12.6 Å². The van der Waals surface area contributed by atoms with Gasteiger partial charge in [0.05, 0.1) is 12.0 Å². The van der Waals surface area contributed by atoms with Crippen LogP contribution in [0, 0.1) is 11.6 Å². The van der Waals surface area contributed by atoms with Gasteiger partial charge in [-0.05, 0) is 25.5 Å². The molecule has 0 saturated heterocycles. The lowest BCUT2D eigenvalue weighted by Gasteiger charge is -2.13. The van der Waals surface area contributed by atoms with Crippen LogP contribution < -0.4 is 10.6 Å². The molecule has 0 radical (unpaired) electrons. The second kappa shape index (κ2) is 9.59. The van der Waals surface area contributed by atoms with E-state index in [2.05, 4.69) is 10.6 Å². The van der Waals surface area contributed by atoms with Crippen molar-refractivity contribution in [1.29, 1.82) is 0 Å². The van der Waals surface area contributed by atoms with Crippen molar-refractivity contribution in [3.8, 4) is 0 Å². The average Bonchev–Trinajstić information content (AvgIpc) is 2.52. The first-order valence-corrected chi connectivity index (χ1v) is 7.55. The Morgan fingerprint density at radius 1 is 1.17 bits per heavy atom. The average molecular weight is 342 g/mol. The quantitative estimate of drug-likeness (QED) is 0.702. The first kappa shape index (κ1) is 19.5. The zero-order valence-electron chi connectivity index (χ0n) is 13.5. The number of benzene rings is 1. The molecule has 0 aliphatic rings. The van der Waals surface area contributed by atoms with Crippen molar-refractivity contribution in [2.45, 2.75) is 32.8 Å². The Labute approximate surface area is 138 Å². The largest absolute Gasteiger partial charge is 0.452 e. The number of carbonyl (C=O) groups excluding carboxylic acids is 3. The molecule has 0 aromatic heterocycles. The highest BCUT2D eigenvalue weighted by molar-refractivity contribution is 5.94. The van der Waals surface area contributed by atoms with Crippen LogP contribution in [0.25, 0.3) is 0 Å². The summed E-state index contributed by atoms with van der Waals surface area (Å²) in [5, 5.41) is 4.91. The van der Waals surface area contributed by atoms with Gasteiger partial charge in [-0.3, -0.25) is 14.4 Å². The molecule has 0 aliphatic heterocycles. The fourth-order valence-electron chi connectivity index (χ4n) is 1.75. The van der Waals surface area contributed by atoms with Gasteiger partial charge in [0, 0.05) is 19.2 Å². The van der Waals surface area contributed by atoms with E-state index in [0.717, 1.165) is 18.6 Å². The zero-order chi connectivity index (χ0) is 18.1. The number of esters is 1. The van der Waals surface area contributed by atoms with Crippen LogP contribution in [0.5, 0.6) is 0 Å². The summed E-state index contributed by atoms with van der Waals surface area (Å²) in [6.45, 7) is 3.72. The van der Waals surface area contributed by atoms with Crippen LogP contribution in [-0.4, -0.2) is 37.0 Å². The van der Waals surface area contributed by atoms with Gasteiger partial charge in [0.25, 0.3) is 11.8 Å². The summed E-state index contributed by atoms with van der Waals surface area (Å²) in [6.07, 6.45) is -0.354. The van der Waals surface area contributed by atoms with Crippen molar-refractivity contribution >= 4 is 17.8 Å². The zero-order valence-corrected chi connectivity index (χ0v) is 13.5. The van der Waals surface area contributed by atoms with Crippen molar-refractivity contribution in [2.24, 2.45) is 0 Å². The third kappa shape index (κ3) is 6.31. The molecule has 1 rings (SSSR count). The molecule has 1 aromatic rings. The molecule has 2 amide bonds. The predicted octanol–water partition coefficient (Wildman–Crippen LogP) is 1.54. The lowest BCUT2D eigenvalue weighted by molar-refractivity contribution is -0.154. The van der Waals surface area contributed by atoms with Crippen molar-refractivity contribution in [3.05, 3.63) is 35.4 Å². The molecule has 1 aromatic carbocycles. The molecule has 0 fully saturated rings. The minimum atomic E-state index is -0.990. The summed E-state index contributed by atoms with van der Waals surface area (Å²) in [4.78, 5) is 34.8. The molecular formula is C16H20F2N2O4. The number of hydrogen-bond acceptors (Lipinski definition) is 4. The number of halogens is 2. The van der Waals surface area contributed by atoms with Crippen molar-refractivity contribution in [1.82, 2.24) is 10.6 Å². The maximum absolute atomic E-state index is 13.4. The number of nitrogens with one attached hydrogen (secondary N) is 2. The third-order valence-corrected chi connectivity index (χ3v) is 3.02. The number of ether oxygens (including phenoxy) is 1. The second-order valence-corrected chi connectivity index (χ2v) is 5.05. The summed E-state index contributed by atoms with van der Waals surface area (Å²) in [7, 11) is 0. The van der Waals surface area contributed by atoms with E-state index in [1.807, 2.05) is 6.92 Å². The van der Waals surface area contributed by atoms with Gasteiger partial charge >= 0.3 is 5.97 Å². The molecule has 8 heteroatoms. The fourth-order valence-corrected chi connectivity index (χ4v) is 1.75. The van der Waals surface area contributed by atoms with Gasteiger partial charge < -0.3 is 15.4 Å². The van der Waals surface area contributed by atoms with Crippen LogP contribution in [-0.2, 0) is 14.3 Å². The van der Waals surface area contributed by atoms with Gasteiger partial charge in [0.2, 0.25) is 0 Å². The van der Waals surface area contributed by atoms with Crippen LogP contribution in [0.1, 0.15) is 37.0 Å². The molecule has 0 bridgehead atoms. The lowest BCUT2D eigenvalue weighted by Crippen LogP contribution is -2.36. The molecule has 0 heterocycles. The smallest absolute Gasteiger partial charge is 0.308 e. The van der Waals surface area contributed by atoms with E-state index < -0.39 is 35.5 Å². The van der Waals surface area contributed by atoms with E-state index in [9.17, 15) is 23.2 Å². The second-order valence-electron chi connectivity index (χ2n) is 5.05. The highest BCUT2D eigenvalue weighted by atomic mass is 19.1. The maximum atomic E-state index is 13.4. The Hall–Kier alpha value is -2.51. The molecular weight excluding hydrogens is 322 g/mol. The molecule has 24 heavy (non-hydrogen) atoms. The van der Waals surface area contributed by atoms with Gasteiger partial charge in [0.1, 0.15) is 11.6 Å². The molecule has 1 atom stereocenters. The van der Waals surface area contributed by atoms with Gasteiger partial charge in [-0.1, -0.05) is 6.92 Å². The number of rotatable bonds is 8. The summed E-state index contributed by atoms with van der Waals surface area (Å²) in [5.41, 5.74) is -0.322. The van der Waals surface area contributed by atoms with E-state index in [1.165, 1.54) is 6.92 Å². The first-order chi connectivity index (χ1) is 11.3. The molecule has 132 valence electrons. The fraction of sp³-hybridized carbons (Fsp3) is 0.438. The number of carbonyl (C=O) groups is 3. The Bertz CT molecular complexity index is 608. The van der Waals surface area contributed by atoms with E-state index in [1.54, 1.807) is 0 Å². The van der Waals surface area contributed by atoms with Crippen molar-refractivity contribution in [2.75, 3.05) is 13.1 Å². The van der Waals surface area contributed by atoms with Crippen LogP contribution in [0.15, 0.2) is 18.2 Å². The summed E-state index contributed by atoms with van der Waals surface area (Å²) in [5.74, 6) is -3.62. The minimum Gasteiger partial charge on any atom is -0.452 e. The molecule has 0 aliphatic carbocycles. The van der Waals surface area contributed by atoms with E-state index >= 15 is 0 Å². The Morgan fingerprint density at radius 2 is 1.88 bits per heavy atom. The summed E-state index contributed by atoms with van der Waals surface area (Å²) in [6, 6.07) is 2.57. The SMILES string of the molecule is CCCNC(=O)C(C)OC(=O)CCNC(=O)c1ccc(F)cc1F. The van der Waals surface area contributed by atoms with Crippen molar-refractivity contribution in [3.63, 3.8) is 0 Å². The van der Waals surface area contributed by atoms with Gasteiger partial charge in [-0.2, -0.15) is 0 Å². The van der Waals surface area contributed by atoms with E-state index in [4.69, 9.17) is 4.74 Å². The van der Waals surface area contributed by atoms with Gasteiger partial charge in [-0.25, -0.2) is 8.78 Å². The predicted molar refractivity (Wildman–Crippen MR) is 82.2 cm³/mol. The monoisotopic (exact) mass is 342 g/mol. The molecule has 1 unspecified atom stereocenters. The molecule has 0 saturated carbocycles. The van der Waals surface area contributed by atoms with Gasteiger partial charge in [-0.15, -0.1) is 0 Å². The molecule has 2 N–H and O–H groups in total. The normalized spacial score (nSPS) is 11.5. The van der Waals surface area contributed by atoms with Crippen LogP contribution in [0.4, 0.5) is 8.78 Å². The topological polar surface area (TPSA) is 84.5 Å². The minimum absolute atomic E-state index is 0.0994. The number of hydrogen-bond donors (Lipinski definition) is 2. The number of amides is 2. The Morgan fingerprint density at radius 3 is 2.50 bits per heavy atom. The summed E-state index contributed by atoms with van der Waals surface area (Å²) >= 11 is 0. The highest BCUT2D eigenvalue weighted by Crippen LogP contribution is 2.09. The first-order valence-electron chi connectivity index (χ1n) is 7.55. The van der Waals surface area contributed by atoms with Crippen molar-refractivity contribution < 1.29 is 27.9 Å². The maximum Gasteiger partial charge on any atom is 0.308 e. The Kier molecular flexibility index (Phi) is 7.81. The lowest BCUT2D eigenvalue weighted by atomic mass is 10.2. The van der Waals surface area contributed by atoms with E-state index in [-0.39, 0.29) is 18.5 Å². The van der Waals surface area contributed by atoms with Crippen LogP contribution >= 0.6 is 0 Å². The standard InChI is InChI=1S/C16H20F2N2O4/c1-3-7-19-15(22)10(2)24-14(21)6-8-20-16(23)12-5-4-11(17)9-13(12)18/h4-5,9-10H,3,6-8H2,1-2H3,(H,19,22)(H,20,23). The highest BCUT2D eigenvalue weighted by Gasteiger charge is 2.17. The summed E-state index contributed by atoms with van der Waals surface area (Å²) < 4.78 is 31.1. The molecule has 6 nitrogen and oxygen atoms in total. The van der Waals surface area contributed by atoms with Crippen LogP contribution in [0.2, 0.25) is 0 Å².